The number of hydrogen-bond donors (Lipinski definition) is 1. The fraction of sp³-hybridized carbons (Fsp3) is 0.611. The van der Waals surface area contributed by atoms with Crippen LogP contribution >= 0.6 is 0 Å². The molecule has 1 aliphatic heterocycles. The highest BCUT2D eigenvalue weighted by molar-refractivity contribution is 5.94. The molecule has 0 bridgehead atoms. The molecule has 2 aliphatic rings. The third-order valence-electron chi connectivity index (χ3n) is 5.40. The van der Waals surface area contributed by atoms with E-state index in [2.05, 4.69) is 6.92 Å². The number of amides is 1. The molecular formula is C18H26N2O. The van der Waals surface area contributed by atoms with E-state index in [-0.39, 0.29) is 5.91 Å². The van der Waals surface area contributed by atoms with E-state index < -0.39 is 0 Å². The fourth-order valence-corrected chi connectivity index (χ4v) is 4.02. The molecule has 21 heavy (non-hydrogen) atoms. The van der Waals surface area contributed by atoms with Crippen LogP contribution in [0.1, 0.15) is 55.8 Å². The van der Waals surface area contributed by atoms with Crippen molar-refractivity contribution in [3.05, 3.63) is 29.8 Å². The van der Waals surface area contributed by atoms with Crippen LogP contribution in [0.15, 0.2) is 24.3 Å². The second-order valence-corrected chi connectivity index (χ2v) is 6.80. The molecule has 0 unspecified atom stereocenters. The number of benzene rings is 1. The van der Waals surface area contributed by atoms with E-state index in [0.717, 1.165) is 24.6 Å². The predicted molar refractivity (Wildman–Crippen MR) is 86.1 cm³/mol. The van der Waals surface area contributed by atoms with Crippen LogP contribution in [0.4, 0.5) is 5.69 Å². The van der Waals surface area contributed by atoms with Crippen molar-refractivity contribution in [2.45, 2.75) is 45.4 Å². The third kappa shape index (κ3) is 2.92. The highest BCUT2D eigenvalue weighted by Crippen LogP contribution is 2.54. The number of piperidine rings is 1. The molecule has 0 atom stereocenters. The summed E-state index contributed by atoms with van der Waals surface area (Å²) in [5.74, 6) is 1.10. The molecule has 3 nitrogen and oxygen atoms in total. The first-order valence-electron chi connectivity index (χ1n) is 8.29. The van der Waals surface area contributed by atoms with Crippen molar-refractivity contribution in [3.8, 4) is 0 Å². The van der Waals surface area contributed by atoms with Crippen molar-refractivity contribution < 1.29 is 4.79 Å². The Bertz CT molecular complexity index is 496. The first kappa shape index (κ1) is 14.4. The van der Waals surface area contributed by atoms with Gasteiger partial charge in [0.15, 0.2) is 0 Å². The Morgan fingerprint density at radius 2 is 1.86 bits per heavy atom. The molecule has 3 rings (SSSR count). The summed E-state index contributed by atoms with van der Waals surface area (Å²) < 4.78 is 0. The Kier molecular flexibility index (Phi) is 3.92. The highest BCUT2D eigenvalue weighted by atomic mass is 16.2. The van der Waals surface area contributed by atoms with Crippen LogP contribution in [-0.4, -0.2) is 23.9 Å². The number of nitrogen functional groups attached to an aromatic ring is 1. The monoisotopic (exact) mass is 286 g/mol. The molecule has 1 heterocycles. The summed E-state index contributed by atoms with van der Waals surface area (Å²) in [6, 6.07) is 7.30. The quantitative estimate of drug-likeness (QED) is 0.858. The summed E-state index contributed by atoms with van der Waals surface area (Å²) in [7, 11) is 0. The molecule has 2 N–H and O–H groups in total. The Morgan fingerprint density at radius 1 is 1.24 bits per heavy atom. The lowest BCUT2D eigenvalue weighted by molar-refractivity contribution is 0.0492. The maximum absolute atomic E-state index is 12.6. The van der Waals surface area contributed by atoms with Gasteiger partial charge in [-0.05, 0) is 67.7 Å². The average Bonchev–Trinajstić information content (AvgIpc) is 3.33. The Hall–Kier alpha value is -1.51. The fourth-order valence-electron chi connectivity index (χ4n) is 4.02. The average molecular weight is 286 g/mol. The van der Waals surface area contributed by atoms with Crippen LogP contribution in [0.5, 0.6) is 0 Å². The van der Waals surface area contributed by atoms with Crippen molar-refractivity contribution >= 4 is 11.6 Å². The topological polar surface area (TPSA) is 46.3 Å². The zero-order valence-electron chi connectivity index (χ0n) is 13.0. The molecule has 1 aromatic rings. The van der Waals surface area contributed by atoms with Gasteiger partial charge >= 0.3 is 0 Å². The van der Waals surface area contributed by atoms with Crippen LogP contribution in [0.3, 0.4) is 0 Å². The number of likely N-dealkylation sites (tertiary alicyclic amines) is 1. The zero-order valence-corrected chi connectivity index (χ0v) is 13.0. The maximum atomic E-state index is 12.6. The first-order valence-corrected chi connectivity index (χ1v) is 8.29. The van der Waals surface area contributed by atoms with Gasteiger partial charge in [-0.25, -0.2) is 0 Å². The molecule has 0 spiro atoms. The van der Waals surface area contributed by atoms with E-state index in [1.165, 1.54) is 38.5 Å². The number of anilines is 1. The van der Waals surface area contributed by atoms with Gasteiger partial charge in [-0.2, -0.15) is 0 Å². The molecule has 1 aromatic carbocycles. The van der Waals surface area contributed by atoms with Gasteiger partial charge in [0.05, 0.1) is 0 Å². The standard InChI is InChI=1S/C18H26N2O/c1-2-9-18(15-5-6-15)10-12-20(13-11-18)17(21)14-3-7-16(19)8-4-14/h3-4,7-8,15H,2,5-6,9-13,19H2,1H3. The second-order valence-electron chi connectivity index (χ2n) is 6.80. The summed E-state index contributed by atoms with van der Waals surface area (Å²) in [6.07, 6.45) is 7.79. The lowest BCUT2D eigenvalue weighted by atomic mass is 9.71. The van der Waals surface area contributed by atoms with Gasteiger partial charge in [-0.3, -0.25) is 4.79 Å². The Labute approximate surface area is 127 Å². The number of nitrogens with two attached hydrogens (primary N) is 1. The summed E-state index contributed by atoms with van der Waals surface area (Å²) in [6.45, 7) is 4.12. The van der Waals surface area contributed by atoms with E-state index >= 15 is 0 Å². The summed E-state index contributed by atoms with van der Waals surface area (Å²) >= 11 is 0. The largest absolute Gasteiger partial charge is 0.399 e. The third-order valence-corrected chi connectivity index (χ3v) is 5.40. The van der Waals surface area contributed by atoms with Crippen LogP contribution in [0.25, 0.3) is 0 Å². The number of carbonyl (C=O) groups is 1. The predicted octanol–water partition coefficient (Wildman–Crippen LogP) is 3.70. The molecule has 2 fully saturated rings. The summed E-state index contributed by atoms with van der Waals surface area (Å²) in [5, 5.41) is 0. The van der Waals surface area contributed by atoms with Crippen molar-refractivity contribution in [1.82, 2.24) is 4.90 Å². The summed E-state index contributed by atoms with van der Waals surface area (Å²) in [5.41, 5.74) is 7.70. The minimum atomic E-state index is 0.163. The Morgan fingerprint density at radius 3 is 2.38 bits per heavy atom. The first-order chi connectivity index (χ1) is 10.1. The maximum Gasteiger partial charge on any atom is 0.253 e. The normalized spacial score (nSPS) is 21.3. The number of rotatable bonds is 4. The molecule has 3 heteroatoms. The van der Waals surface area contributed by atoms with Crippen LogP contribution < -0.4 is 5.73 Å². The van der Waals surface area contributed by atoms with Crippen molar-refractivity contribution in [1.29, 1.82) is 0 Å². The Balaban J connectivity index is 1.64. The smallest absolute Gasteiger partial charge is 0.253 e. The van der Waals surface area contributed by atoms with E-state index in [4.69, 9.17) is 5.73 Å². The van der Waals surface area contributed by atoms with E-state index in [9.17, 15) is 4.79 Å². The van der Waals surface area contributed by atoms with Crippen LogP contribution in [0, 0.1) is 11.3 Å². The van der Waals surface area contributed by atoms with Gasteiger partial charge in [-0.1, -0.05) is 13.3 Å². The van der Waals surface area contributed by atoms with E-state index in [1.54, 1.807) is 0 Å². The zero-order chi connectivity index (χ0) is 14.9. The van der Waals surface area contributed by atoms with Gasteiger partial charge < -0.3 is 10.6 Å². The lowest BCUT2D eigenvalue weighted by Crippen LogP contribution is -2.44. The molecule has 0 radical (unpaired) electrons. The molecule has 1 aliphatic carbocycles. The molecular weight excluding hydrogens is 260 g/mol. The van der Waals surface area contributed by atoms with Gasteiger partial charge in [-0.15, -0.1) is 0 Å². The number of hydrogen-bond acceptors (Lipinski definition) is 2. The number of carbonyl (C=O) groups excluding carboxylic acids is 1. The van der Waals surface area contributed by atoms with E-state index in [0.29, 0.717) is 11.1 Å². The van der Waals surface area contributed by atoms with Gasteiger partial charge in [0, 0.05) is 24.3 Å². The molecule has 0 aromatic heterocycles. The molecule has 1 saturated carbocycles. The SMILES string of the molecule is CCCC1(C2CC2)CCN(C(=O)c2ccc(N)cc2)CC1. The van der Waals surface area contributed by atoms with Gasteiger partial charge in [0.25, 0.3) is 5.91 Å². The minimum absolute atomic E-state index is 0.163. The van der Waals surface area contributed by atoms with Crippen LogP contribution in [0.2, 0.25) is 0 Å². The summed E-state index contributed by atoms with van der Waals surface area (Å²) in [4.78, 5) is 14.6. The van der Waals surface area contributed by atoms with Gasteiger partial charge in [0.1, 0.15) is 0 Å². The van der Waals surface area contributed by atoms with Crippen LogP contribution in [-0.2, 0) is 0 Å². The van der Waals surface area contributed by atoms with Gasteiger partial charge in [0.2, 0.25) is 0 Å². The van der Waals surface area contributed by atoms with E-state index in [1.807, 2.05) is 29.2 Å². The lowest BCUT2D eigenvalue weighted by Gasteiger charge is -2.42. The number of nitrogens with zero attached hydrogens (tertiary/aromatic N) is 1. The van der Waals surface area contributed by atoms with Crippen molar-refractivity contribution in [2.24, 2.45) is 11.3 Å². The highest BCUT2D eigenvalue weighted by Gasteiger charge is 2.46. The molecule has 114 valence electrons. The van der Waals surface area contributed by atoms with Crippen molar-refractivity contribution in [2.75, 3.05) is 18.8 Å². The second kappa shape index (κ2) is 5.70. The van der Waals surface area contributed by atoms with Crippen molar-refractivity contribution in [3.63, 3.8) is 0 Å². The minimum Gasteiger partial charge on any atom is -0.399 e. The molecule has 1 amide bonds. The molecule has 1 saturated heterocycles.